The lowest BCUT2D eigenvalue weighted by atomic mass is 10.1. The molecule has 0 amide bonds. The number of benzene rings is 1. The van der Waals surface area contributed by atoms with Crippen molar-refractivity contribution in [2.24, 2.45) is 0 Å². The Morgan fingerprint density at radius 3 is 2.75 bits per heavy atom. The molecule has 16 heavy (non-hydrogen) atoms. The maximum absolute atomic E-state index is 8.94. The highest BCUT2D eigenvalue weighted by Gasteiger charge is 2.10. The van der Waals surface area contributed by atoms with Gasteiger partial charge in [0.25, 0.3) is 0 Å². The predicted octanol–water partition coefficient (Wildman–Crippen LogP) is 4.34. The minimum atomic E-state index is 0.468. The van der Waals surface area contributed by atoms with E-state index in [1.807, 2.05) is 19.1 Å². The summed E-state index contributed by atoms with van der Waals surface area (Å²) >= 11 is 9.58. The maximum atomic E-state index is 8.94. The quantitative estimate of drug-likeness (QED) is 0.778. The average molecular weight is 301 g/mol. The summed E-state index contributed by atoms with van der Waals surface area (Å²) in [5.74, 6) is 0.713. The molecule has 4 heteroatoms. The summed E-state index contributed by atoms with van der Waals surface area (Å²) in [5.41, 5.74) is 1.34. The highest BCUT2D eigenvalue weighted by Crippen LogP contribution is 2.33. The summed E-state index contributed by atoms with van der Waals surface area (Å²) in [5, 5.41) is 9.40. The van der Waals surface area contributed by atoms with E-state index >= 15 is 0 Å². The Kier molecular flexibility index (Phi) is 4.85. The maximum Gasteiger partial charge on any atom is 0.119 e. The van der Waals surface area contributed by atoms with E-state index in [4.69, 9.17) is 21.6 Å². The van der Waals surface area contributed by atoms with Crippen molar-refractivity contribution in [2.45, 2.75) is 13.3 Å². The molecule has 0 aromatic heterocycles. The van der Waals surface area contributed by atoms with Gasteiger partial charge in [0.15, 0.2) is 0 Å². The smallest absolute Gasteiger partial charge is 0.119 e. The molecular weight excluding hydrogens is 289 g/mol. The van der Waals surface area contributed by atoms with Crippen molar-refractivity contribution in [3.05, 3.63) is 33.8 Å². The minimum absolute atomic E-state index is 0.468. The highest BCUT2D eigenvalue weighted by atomic mass is 79.9. The highest BCUT2D eigenvalue weighted by molar-refractivity contribution is 9.10. The molecule has 0 spiro atoms. The van der Waals surface area contributed by atoms with Crippen LogP contribution in [0.3, 0.4) is 0 Å². The number of nitrogens with zero attached hydrogens (tertiary/aromatic N) is 1. The second kappa shape index (κ2) is 5.93. The van der Waals surface area contributed by atoms with Crippen molar-refractivity contribution in [2.75, 3.05) is 7.11 Å². The Morgan fingerprint density at radius 2 is 2.25 bits per heavy atom. The molecule has 0 unspecified atom stereocenters. The molecule has 0 fully saturated rings. The van der Waals surface area contributed by atoms with Crippen LogP contribution in [0.15, 0.2) is 28.2 Å². The summed E-state index contributed by atoms with van der Waals surface area (Å²) in [4.78, 5) is 0. The third-order valence-corrected chi connectivity index (χ3v) is 3.29. The van der Waals surface area contributed by atoms with Crippen molar-refractivity contribution < 1.29 is 4.74 Å². The third kappa shape index (κ3) is 2.78. The Balaban J connectivity index is 3.33. The fourth-order valence-electron chi connectivity index (χ4n) is 1.25. The molecular formula is C12H11BrClNO. The fraction of sp³-hybridized carbons (Fsp3) is 0.250. The van der Waals surface area contributed by atoms with Crippen molar-refractivity contribution in [3.8, 4) is 11.8 Å². The molecule has 0 atom stereocenters. The number of ether oxygens (including phenoxy) is 1. The van der Waals surface area contributed by atoms with Crippen molar-refractivity contribution in [1.29, 1.82) is 5.26 Å². The number of halogens is 2. The van der Waals surface area contributed by atoms with Gasteiger partial charge < -0.3 is 4.74 Å². The first-order valence-electron chi connectivity index (χ1n) is 4.76. The monoisotopic (exact) mass is 299 g/mol. The molecule has 0 saturated carbocycles. The van der Waals surface area contributed by atoms with E-state index in [-0.39, 0.29) is 0 Å². The first-order valence-corrected chi connectivity index (χ1v) is 5.93. The van der Waals surface area contributed by atoms with E-state index in [0.29, 0.717) is 22.8 Å². The van der Waals surface area contributed by atoms with E-state index < -0.39 is 0 Å². The van der Waals surface area contributed by atoms with Gasteiger partial charge in [0.05, 0.1) is 18.2 Å². The molecule has 0 radical (unpaired) electrons. The zero-order valence-corrected chi connectivity index (χ0v) is 11.4. The summed E-state index contributed by atoms with van der Waals surface area (Å²) in [6.45, 7) is 1.90. The molecule has 1 rings (SSSR count). The van der Waals surface area contributed by atoms with Crippen LogP contribution >= 0.6 is 27.5 Å². The number of hydrogen-bond acceptors (Lipinski definition) is 2. The second-order valence-corrected chi connectivity index (χ2v) is 4.34. The Labute approximate surface area is 109 Å². The van der Waals surface area contributed by atoms with Gasteiger partial charge in [-0.1, -0.05) is 34.5 Å². The first kappa shape index (κ1) is 13.1. The Morgan fingerprint density at radius 1 is 1.56 bits per heavy atom. The van der Waals surface area contributed by atoms with Crippen molar-refractivity contribution in [1.82, 2.24) is 0 Å². The standard InChI is InChI=1S/C12H11BrClNO/c1-3-8(7-15)12(14)10-6-9(16-2)4-5-11(10)13/h4-6H,3H2,1-2H3. The van der Waals surface area contributed by atoms with Gasteiger partial charge in [-0.25, -0.2) is 0 Å². The van der Waals surface area contributed by atoms with Crippen molar-refractivity contribution >= 4 is 32.6 Å². The van der Waals surface area contributed by atoms with E-state index in [0.717, 1.165) is 10.0 Å². The van der Waals surface area contributed by atoms with Crippen LogP contribution < -0.4 is 4.74 Å². The summed E-state index contributed by atoms with van der Waals surface area (Å²) < 4.78 is 5.97. The molecule has 0 aliphatic carbocycles. The third-order valence-electron chi connectivity index (χ3n) is 2.16. The zero-order chi connectivity index (χ0) is 12.1. The van der Waals surface area contributed by atoms with Crippen LogP contribution in [0, 0.1) is 11.3 Å². The summed E-state index contributed by atoms with van der Waals surface area (Å²) in [6, 6.07) is 7.58. The normalized spacial score (nSPS) is 11.7. The van der Waals surface area contributed by atoms with Crippen molar-refractivity contribution in [3.63, 3.8) is 0 Å². The lowest BCUT2D eigenvalue weighted by Gasteiger charge is -2.07. The van der Waals surface area contributed by atoms with Gasteiger partial charge >= 0.3 is 0 Å². The van der Waals surface area contributed by atoms with E-state index in [1.54, 1.807) is 13.2 Å². The molecule has 0 N–H and O–H groups in total. The van der Waals surface area contributed by atoms with Crippen LogP contribution in [0.1, 0.15) is 18.9 Å². The van der Waals surface area contributed by atoms with Crippen LogP contribution in [0.25, 0.3) is 5.03 Å². The summed E-state index contributed by atoms with van der Waals surface area (Å²) in [7, 11) is 1.59. The SMILES string of the molecule is CCC(C#N)=C(Cl)c1cc(OC)ccc1Br. The predicted molar refractivity (Wildman–Crippen MR) is 69.4 cm³/mol. The average Bonchev–Trinajstić information content (AvgIpc) is 2.31. The Hall–Kier alpha value is -0.980. The fourth-order valence-corrected chi connectivity index (χ4v) is 2.14. The minimum Gasteiger partial charge on any atom is -0.497 e. The van der Waals surface area contributed by atoms with Gasteiger partial charge in [0, 0.05) is 15.6 Å². The van der Waals surface area contributed by atoms with Gasteiger partial charge in [-0.3, -0.25) is 0 Å². The van der Waals surface area contributed by atoms with Crippen LogP contribution in [-0.4, -0.2) is 7.11 Å². The molecule has 2 nitrogen and oxygen atoms in total. The molecule has 0 aliphatic heterocycles. The number of hydrogen-bond donors (Lipinski definition) is 0. The van der Waals surface area contributed by atoms with Gasteiger partial charge in [-0.15, -0.1) is 0 Å². The molecule has 0 bridgehead atoms. The van der Waals surface area contributed by atoms with Crippen LogP contribution in [-0.2, 0) is 0 Å². The number of methoxy groups -OCH3 is 1. The Bertz CT molecular complexity index is 463. The van der Waals surface area contributed by atoms with E-state index in [9.17, 15) is 0 Å². The van der Waals surface area contributed by atoms with E-state index in [2.05, 4.69) is 22.0 Å². The molecule has 0 aliphatic rings. The first-order chi connectivity index (χ1) is 7.63. The van der Waals surface area contributed by atoms with Gasteiger partial charge in [-0.2, -0.15) is 5.26 Å². The largest absolute Gasteiger partial charge is 0.497 e. The molecule has 1 aromatic rings. The van der Waals surface area contributed by atoms with Gasteiger partial charge in [-0.05, 0) is 24.6 Å². The number of allylic oxidation sites excluding steroid dienone is 1. The second-order valence-electron chi connectivity index (χ2n) is 3.10. The topological polar surface area (TPSA) is 33.0 Å². The summed E-state index contributed by atoms with van der Waals surface area (Å²) in [6.07, 6.45) is 0.610. The van der Waals surface area contributed by atoms with Crippen LogP contribution in [0.5, 0.6) is 5.75 Å². The zero-order valence-electron chi connectivity index (χ0n) is 9.05. The van der Waals surface area contributed by atoms with Crippen LogP contribution in [0.2, 0.25) is 0 Å². The van der Waals surface area contributed by atoms with E-state index in [1.165, 1.54) is 0 Å². The molecule has 84 valence electrons. The van der Waals surface area contributed by atoms with Crippen LogP contribution in [0.4, 0.5) is 0 Å². The van der Waals surface area contributed by atoms with Gasteiger partial charge in [0.2, 0.25) is 0 Å². The number of rotatable bonds is 3. The molecule has 0 saturated heterocycles. The van der Waals surface area contributed by atoms with Gasteiger partial charge in [0.1, 0.15) is 5.75 Å². The lowest BCUT2D eigenvalue weighted by molar-refractivity contribution is 0.414. The molecule has 0 heterocycles. The lowest BCUT2D eigenvalue weighted by Crippen LogP contribution is -1.89. The number of nitriles is 1. The molecule has 1 aromatic carbocycles.